The van der Waals surface area contributed by atoms with Gasteiger partial charge in [-0.2, -0.15) is 0 Å². The van der Waals surface area contributed by atoms with Crippen molar-refractivity contribution in [1.82, 2.24) is 5.32 Å². The van der Waals surface area contributed by atoms with Gasteiger partial charge in [0.15, 0.2) is 0 Å². The maximum atomic E-state index is 11.9. The molecule has 0 spiro atoms. The van der Waals surface area contributed by atoms with Crippen molar-refractivity contribution in [1.29, 1.82) is 0 Å². The zero-order valence-electron chi connectivity index (χ0n) is 11.6. The Morgan fingerprint density at radius 1 is 1.20 bits per heavy atom. The van der Waals surface area contributed by atoms with E-state index in [0.29, 0.717) is 18.0 Å². The number of carbonyl (C=O) groups is 2. The van der Waals surface area contributed by atoms with Gasteiger partial charge in [-0.25, -0.2) is 0 Å². The number of benzene rings is 1. The Morgan fingerprint density at radius 2 is 1.90 bits per heavy atom. The van der Waals surface area contributed by atoms with Gasteiger partial charge in [0.05, 0.1) is 12.3 Å². The van der Waals surface area contributed by atoms with Gasteiger partial charge in [0, 0.05) is 6.04 Å². The van der Waals surface area contributed by atoms with E-state index in [4.69, 9.17) is 4.74 Å². The first-order valence-electron chi connectivity index (χ1n) is 7.04. The van der Waals surface area contributed by atoms with E-state index in [9.17, 15) is 9.59 Å². The van der Waals surface area contributed by atoms with Crippen molar-refractivity contribution in [3.63, 3.8) is 0 Å². The van der Waals surface area contributed by atoms with E-state index < -0.39 is 11.8 Å². The van der Waals surface area contributed by atoms with Gasteiger partial charge in [0.25, 0.3) is 0 Å². The Kier molecular flexibility index (Phi) is 4.98. The number of ether oxygens (including phenoxy) is 1. The molecule has 20 heavy (non-hydrogen) atoms. The summed E-state index contributed by atoms with van der Waals surface area (Å²) < 4.78 is 5.40. The van der Waals surface area contributed by atoms with E-state index in [2.05, 4.69) is 10.6 Å². The first kappa shape index (κ1) is 14.4. The third-order valence-corrected chi connectivity index (χ3v) is 3.33. The quantitative estimate of drug-likeness (QED) is 0.827. The highest BCUT2D eigenvalue weighted by atomic mass is 16.5. The summed E-state index contributed by atoms with van der Waals surface area (Å²) in [6.07, 6.45) is 4.13. The standard InChI is InChI=1S/C15H20N2O3/c1-2-20-13-10-6-5-9-12(13)17-15(19)14(18)16-11-7-3-4-8-11/h5-6,9-11H,2-4,7-8H2,1H3,(H,16,18)(H,17,19). The van der Waals surface area contributed by atoms with Gasteiger partial charge < -0.3 is 15.4 Å². The summed E-state index contributed by atoms with van der Waals surface area (Å²) >= 11 is 0. The van der Waals surface area contributed by atoms with Crippen molar-refractivity contribution in [3.05, 3.63) is 24.3 Å². The first-order chi connectivity index (χ1) is 9.70. The highest BCUT2D eigenvalue weighted by Crippen LogP contribution is 2.23. The number of amides is 2. The molecule has 0 heterocycles. The highest BCUT2D eigenvalue weighted by Gasteiger charge is 2.22. The van der Waals surface area contributed by atoms with Crippen LogP contribution in [0.4, 0.5) is 5.69 Å². The van der Waals surface area contributed by atoms with Crippen LogP contribution in [0.15, 0.2) is 24.3 Å². The molecule has 2 amide bonds. The van der Waals surface area contributed by atoms with Crippen LogP contribution in [0.5, 0.6) is 5.75 Å². The zero-order chi connectivity index (χ0) is 14.4. The fraction of sp³-hybridized carbons (Fsp3) is 0.467. The smallest absolute Gasteiger partial charge is 0.313 e. The lowest BCUT2D eigenvalue weighted by Gasteiger charge is -2.13. The van der Waals surface area contributed by atoms with Crippen LogP contribution in [0.25, 0.3) is 0 Å². The van der Waals surface area contributed by atoms with Gasteiger partial charge in [-0.15, -0.1) is 0 Å². The minimum atomic E-state index is -0.649. The molecule has 2 rings (SSSR count). The third kappa shape index (κ3) is 3.73. The SMILES string of the molecule is CCOc1ccccc1NC(=O)C(=O)NC1CCCC1. The fourth-order valence-corrected chi connectivity index (χ4v) is 2.35. The number of anilines is 1. The molecule has 0 aliphatic heterocycles. The second-order valence-corrected chi connectivity index (χ2v) is 4.84. The maximum Gasteiger partial charge on any atom is 0.313 e. The molecule has 2 N–H and O–H groups in total. The normalized spacial score (nSPS) is 14.8. The largest absolute Gasteiger partial charge is 0.492 e. The van der Waals surface area contributed by atoms with Crippen molar-refractivity contribution in [2.24, 2.45) is 0 Å². The van der Waals surface area contributed by atoms with Crippen LogP contribution >= 0.6 is 0 Å². The monoisotopic (exact) mass is 276 g/mol. The Labute approximate surface area is 118 Å². The summed E-state index contributed by atoms with van der Waals surface area (Å²) in [5.41, 5.74) is 0.515. The number of hydrogen-bond acceptors (Lipinski definition) is 3. The third-order valence-electron chi connectivity index (χ3n) is 3.33. The van der Waals surface area contributed by atoms with E-state index in [1.165, 1.54) is 0 Å². The van der Waals surface area contributed by atoms with Crippen molar-refractivity contribution in [2.75, 3.05) is 11.9 Å². The molecular weight excluding hydrogens is 256 g/mol. The van der Waals surface area contributed by atoms with Gasteiger partial charge in [0.2, 0.25) is 0 Å². The lowest BCUT2D eigenvalue weighted by atomic mass is 10.2. The molecule has 5 heteroatoms. The molecule has 0 bridgehead atoms. The minimum Gasteiger partial charge on any atom is -0.492 e. The second-order valence-electron chi connectivity index (χ2n) is 4.84. The number of hydrogen-bond donors (Lipinski definition) is 2. The molecule has 0 saturated heterocycles. The molecule has 1 aromatic rings. The molecule has 0 aromatic heterocycles. The summed E-state index contributed by atoms with van der Waals surface area (Å²) in [5.74, 6) is -0.663. The number of para-hydroxylation sites is 2. The molecule has 1 aromatic carbocycles. The van der Waals surface area contributed by atoms with Gasteiger partial charge >= 0.3 is 11.8 Å². The zero-order valence-corrected chi connectivity index (χ0v) is 11.6. The number of carbonyl (C=O) groups excluding carboxylic acids is 2. The van der Waals surface area contributed by atoms with Crippen molar-refractivity contribution in [2.45, 2.75) is 38.6 Å². The lowest BCUT2D eigenvalue weighted by molar-refractivity contribution is -0.136. The molecule has 1 saturated carbocycles. The van der Waals surface area contributed by atoms with E-state index in [-0.39, 0.29) is 6.04 Å². The molecule has 1 fully saturated rings. The van der Waals surface area contributed by atoms with E-state index >= 15 is 0 Å². The summed E-state index contributed by atoms with van der Waals surface area (Å²) in [6.45, 7) is 2.37. The summed E-state index contributed by atoms with van der Waals surface area (Å²) in [6, 6.07) is 7.21. The Bertz CT molecular complexity index is 482. The molecular formula is C15H20N2O3. The van der Waals surface area contributed by atoms with Gasteiger partial charge in [-0.05, 0) is 31.9 Å². The number of nitrogens with one attached hydrogen (secondary N) is 2. The number of rotatable bonds is 4. The fourth-order valence-electron chi connectivity index (χ4n) is 2.35. The summed E-state index contributed by atoms with van der Waals surface area (Å²) in [5, 5.41) is 5.35. The molecule has 108 valence electrons. The van der Waals surface area contributed by atoms with E-state index in [0.717, 1.165) is 25.7 Å². The Morgan fingerprint density at radius 3 is 2.60 bits per heavy atom. The van der Waals surface area contributed by atoms with Gasteiger partial charge in [0.1, 0.15) is 5.75 Å². The van der Waals surface area contributed by atoms with Crippen LogP contribution in [0.2, 0.25) is 0 Å². The lowest BCUT2D eigenvalue weighted by Crippen LogP contribution is -2.40. The summed E-state index contributed by atoms with van der Waals surface area (Å²) in [7, 11) is 0. The minimum absolute atomic E-state index is 0.135. The van der Waals surface area contributed by atoms with Crippen LogP contribution in [0.1, 0.15) is 32.6 Å². The molecule has 0 atom stereocenters. The van der Waals surface area contributed by atoms with Crippen molar-refractivity contribution in [3.8, 4) is 5.75 Å². The average Bonchev–Trinajstić information content (AvgIpc) is 2.94. The van der Waals surface area contributed by atoms with Crippen molar-refractivity contribution < 1.29 is 14.3 Å². The first-order valence-corrected chi connectivity index (χ1v) is 7.04. The van der Waals surface area contributed by atoms with Crippen LogP contribution in [-0.4, -0.2) is 24.5 Å². The topological polar surface area (TPSA) is 67.4 Å². The highest BCUT2D eigenvalue weighted by molar-refractivity contribution is 6.39. The summed E-state index contributed by atoms with van der Waals surface area (Å²) in [4.78, 5) is 23.7. The van der Waals surface area contributed by atoms with Gasteiger partial charge in [-0.1, -0.05) is 25.0 Å². The molecule has 0 radical (unpaired) electrons. The maximum absolute atomic E-state index is 11.9. The predicted molar refractivity (Wildman–Crippen MR) is 76.6 cm³/mol. The van der Waals surface area contributed by atoms with Crippen LogP contribution < -0.4 is 15.4 Å². The Balaban J connectivity index is 1.94. The average molecular weight is 276 g/mol. The second kappa shape index (κ2) is 6.93. The molecule has 0 unspecified atom stereocenters. The van der Waals surface area contributed by atoms with Crippen LogP contribution in [-0.2, 0) is 9.59 Å². The van der Waals surface area contributed by atoms with Gasteiger partial charge in [-0.3, -0.25) is 9.59 Å². The van der Waals surface area contributed by atoms with E-state index in [1.54, 1.807) is 18.2 Å². The van der Waals surface area contributed by atoms with Crippen LogP contribution in [0.3, 0.4) is 0 Å². The van der Waals surface area contributed by atoms with E-state index in [1.807, 2.05) is 13.0 Å². The predicted octanol–water partition coefficient (Wildman–Crippen LogP) is 2.08. The Hall–Kier alpha value is -2.04. The molecule has 1 aliphatic carbocycles. The molecule has 5 nitrogen and oxygen atoms in total. The molecule has 1 aliphatic rings. The van der Waals surface area contributed by atoms with Crippen LogP contribution in [0, 0.1) is 0 Å². The van der Waals surface area contributed by atoms with Crippen molar-refractivity contribution >= 4 is 17.5 Å².